The Morgan fingerprint density at radius 1 is 1.10 bits per heavy atom. The highest BCUT2D eigenvalue weighted by Gasteiger charge is 2.10. The quantitative estimate of drug-likeness (QED) is 0.462. The van der Waals surface area contributed by atoms with Gasteiger partial charge in [0, 0.05) is 12.1 Å². The van der Waals surface area contributed by atoms with Gasteiger partial charge >= 0.3 is 0 Å². The molecule has 2 aromatic rings. The summed E-state index contributed by atoms with van der Waals surface area (Å²) in [6.45, 7) is 0.438. The monoisotopic (exact) mass is 311 g/mol. The van der Waals surface area contributed by atoms with Gasteiger partial charge in [-0.25, -0.2) is 4.39 Å². The molecule has 5 nitrogen and oxygen atoms in total. The number of rotatable bonds is 6. The number of hydrogen-bond acceptors (Lipinski definition) is 4. The number of benzene rings is 2. The third-order valence-electron chi connectivity index (χ3n) is 2.55. The van der Waals surface area contributed by atoms with E-state index in [9.17, 15) is 14.5 Å². The molecule has 0 amide bonds. The van der Waals surface area contributed by atoms with Gasteiger partial charge in [-0.05, 0) is 30.3 Å². The van der Waals surface area contributed by atoms with Gasteiger partial charge in [-0.1, -0.05) is 11.6 Å². The van der Waals surface area contributed by atoms with Crippen LogP contribution in [0.4, 0.5) is 10.1 Å². The van der Waals surface area contributed by atoms with Gasteiger partial charge in [0.25, 0.3) is 5.69 Å². The highest BCUT2D eigenvalue weighted by molar-refractivity contribution is 6.32. The van der Waals surface area contributed by atoms with Crippen LogP contribution in [0.2, 0.25) is 5.02 Å². The molecule has 0 heterocycles. The van der Waals surface area contributed by atoms with Crippen LogP contribution in [0.1, 0.15) is 0 Å². The first-order valence-corrected chi connectivity index (χ1v) is 6.39. The average molecular weight is 312 g/mol. The third-order valence-corrected chi connectivity index (χ3v) is 2.84. The fourth-order valence-electron chi connectivity index (χ4n) is 1.56. The standard InChI is InChI=1S/C14H11ClFNO4/c15-13-9-11(17(18)19)3-6-14(13)21-8-7-20-12-4-1-10(16)2-5-12/h1-6,9H,7-8H2. The number of non-ortho nitro benzene ring substituents is 1. The summed E-state index contributed by atoms with van der Waals surface area (Å²) in [5.41, 5.74) is -0.102. The third kappa shape index (κ3) is 4.32. The van der Waals surface area contributed by atoms with E-state index in [1.807, 2.05) is 0 Å². The van der Waals surface area contributed by atoms with Gasteiger partial charge in [0.15, 0.2) is 0 Å². The second-order valence-corrected chi connectivity index (χ2v) is 4.43. The molecule has 0 unspecified atom stereocenters. The van der Waals surface area contributed by atoms with Gasteiger partial charge in [-0.2, -0.15) is 0 Å². The second kappa shape index (κ2) is 6.90. The van der Waals surface area contributed by atoms with Crippen LogP contribution in [0, 0.1) is 15.9 Å². The van der Waals surface area contributed by atoms with Crippen molar-refractivity contribution in [2.24, 2.45) is 0 Å². The van der Waals surface area contributed by atoms with Crippen LogP contribution in [0.3, 0.4) is 0 Å². The number of nitro groups is 1. The van der Waals surface area contributed by atoms with Crippen molar-refractivity contribution in [3.63, 3.8) is 0 Å². The molecule has 21 heavy (non-hydrogen) atoms. The Morgan fingerprint density at radius 3 is 2.38 bits per heavy atom. The van der Waals surface area contributed by atoms with E-state index >= 15 is 0 Å². The molecule has 0 bridgehead atoms. The van der Waals surface area contributed by atoms with Crippen molar-refractivity contribution in [3.8, 4) is 11.5 Å². The van der Waals surface area contributed by atoms with E-state index < -0.39 is 4.92 Å². The zero-order valence-corrected chi connectivity index (χ0v) is 11.5. The Labute approximate surface area is 125 Å². The van der Waals surface area contributed by atoms with E-state index in [1.54, 1.807) is 0 Å². The molecule has 0 saturated carbocycles. The molecule has 2 rings (SSSR count). The molecule has 2 aromatic carbocycles. The van der Waals surface area contributed by atoms with Crippen LogP contribution in [-0.4, -0.2) is 18.1 Å². The molecule has 0 aliphatic rings. The molecule has 0 aliphatic heterocycles. The SMILES string of the molecule is O=[N+]([O-])c1ccc(OCCOc2ccc(F)cc2)c(Cl)c1. The Morgan fingerprint density at radius 2 is 1.76 bits per heavy atom. The summed E-state index contributed by atoms with van der Waals surface area (Å²) in [5, 5.41) is 10.7. The summed E-state index contributed by atoms with van der Waals surface area (Å²) in [4.78, 5) is 10.0. The maximum absolute atomic E-state index is 12.7. The average Bonchev–Trinajstić information content (AvgIpc) is 2.46. The number of hydrogen-bond donors (Lipinski definition) is 0. The zero-order chi connectivity index (χ0) is 15.2. The first-order chi connectivity index (χ1) is 10.1. The largest absolute Gasteiger partial charge is 0.490 e. The summed E-state index contributed by atoms with van der Waals surface area (Å²) >= 11 is 5.87. The van der Waals surface area contributed by atoms with Crippen molar-refractivity contribution < 1.29 is 18.8 Å². The molecule has 0 fully saturated rings. The van der Waals surface area contributed by atoms with E-state index in [2.05, 4.69) is 0 Å². The fourth-order valence-corrected chi connectivity index (χ4v) is 1.79. The Bertz CT molecular complexity index is 633. The van der Waals surface area contributed by atoms with Gasteiger partial charge < -0.3 is 9.47 Å². The molecule has 0 atom stereocenters. The number of halogens is 2. The Kier molecular flexibility index (Phi) is 4.94. The molecule has 0 radical (unpaired) electrons. The lowest BCUT2D eigenvalue weighted by Gasteiger charge is -2.09. The van der Waals surface area contributed by atoms with Crippen LogP contribution >= 0.6 is 11.6 Å². The van der Waals surface area contributed by atoms with E-state index in [0.717, 1.165) is 0 Å². The maximum Gasteiger partial charge on any atom is 0.271 e. The first kappa shape index (κ1) is 15.1. The van der Waals surface area contributed by atoms with E-state index in [-0.39, 0.29) is 29.7 Å². The zero-order valence-electron chi connectivity index (χ0n) is 10.8. The van der Waals surface area contributed by atoms with Gasteiger partial charge in [-0.15, -0.1) is 0 Å². The topological polar surface area (TPSA) is 61.6 Å². The van der Waals surface area contributed by atoms with Crippen LogP contribution < -0.4 is 9.47 Å². The molecular formula is C14H11ClFNO4. The summed E-state index contributed by atoms with van der Waals surface area (Å²) in [6, 6.07) is 9.56. The Balaban J connectivity index is 1.83. The van der Waals surface area contributed by atoms with E-state index in [1.165, 1.54) is 42.5 Å². The smallest absolute Gasteiger partial charge is 0.271 e. The minimum atomic E-state index is -0.534. The number of nitrogens with zero attached hydrogens (tertiary/aromatic N) is 1. The highest BCUT2D eigenvalue weighted by Crippen LogP contribution is 2.28. The van der Waals surface area contributed by atoms with Crippen molar-refractivity contribution in [2.75, 3.05) is 13.2 Å². The lowest BCUT2D eigenvalue weighted by molar-refractivity contribution is -0.384. The highest BCUT2D eigenvalue weighted by atomic mass is 35.5. The van der Waals surface area contributed by atoms with Crippen molar-refractivity contribution in [1.29, 1.82) is 0 Å². The minimum Gasteiger partial charge on any atom is -0.490 e. The first-order valence-electron chi connectivity index (χ1n) is 6.01. The van der Waals surface area contributed by atoms with Crippen molar-refractivity contribution in [2.45, 2.75) is 0 Å². The molecule has 0 aromatic heterocycles. The number of nitro benzene ring substituents is 1. The van der Waals surface area contributed by atoms with Crippen molar-refractivity contribution in [1.82, 2.24) is 0 Å². The molecule has 0 N–H and O–H groups in total. The van der Waals surface area contributed by atoms with Crippen LogP contribution in [0.5, 0.6) is 11.5 Å². The molecular weight excluding hydrogens is 301 g/mol. The normalized spacial score (nSPS) is 10.2. The van der Waals surface area contributed by atoms with Gasteiger partial charge in [0.1, 0.15) is 30.5 Å². The van der Waals surface area contributed by atoms with Crippen molar-refractivity contribution >= 4 is 17.3 Å². The van der Waals surface area contributed by atoms with Crippen molar-refractivity contribution in [3.05, 3.63) is 63.4 Å². The maximum atomic E-state index is 12.7. The van der Waals surface area contributed by atoms with Crippen LogP contribution in [-0.2, 0) is 0 Å². The van der Waals surface area contributed by atoms with Gasteiger partial charge in [0.05, 0.1) is 9.95 Å². The van der Waals surface area contributed by atoms with Crippen LogP contribution in [0.25, 0.3) is 0 Å². The van der Waals surface area contributed by atoms with E-state index in [4.69, 9.17) is 21.1 Å². The lowest BCUT2D eigenvalue weighted by Crippen LogP contribution is -2.09. The van der Waals surface area contributed by atoms with Crippen LogP contribution in [0.15, 0.2) is 42.5 Å². The molecule has 0 saturated heterocycles. The summed E-state index contributed by atoms with van der Waals surface area (Å²) in [6.07, 6.45) is 0. The van der Waals surface area contributed by atoms with E-state index in [0.29, 0.717) is 11.5 Å². The molecule has 0 aliphatic carbocycles. The Hall–Kier alpha value is -2.34. The molecule has 0 spiro atoms. The molecule has 110 valence electrons. The predicted octanol–water partition coefficient (Wildman–Crippen LogP) is 3.85. The fraction of sp³-hybridized carbons (Fsp3) is 0.143. The summed E-state index contributed by atoms with van der Waals surface area (Å²) < 4.78 is 23.4. The summed E-state index contributed by atoms with van der Waals surface area (Å²) in [7, 11) is 0. The number of ether oxygens (including phenoxy) is 2. The summed E-state index contributed by atoms with van der Waals surface area (Å²) in [5.74, 6) is 0.524. The lowest BCUT2D eigenvalue weighted by atomic mass is 10.3. The second-order valence-electron chi connectivity index (χ2n) is 4.02. The van der Waals surface area contributed by atoms with Gasteiger partial charge in [-0.3, -0.25) is 10.1 Å². The predicted molar refractivity (Wildman–Crippen MR) is 75.5 cm³/mol. The van der Waals surface area contributed by atoms with Gasteiger partial charge in [0.2, 0.25) is 0 Å². The minimum absolute atomic E-state index is 0.102. The molecule has 7 heteroatoms.